The molecular formula is C14H28N2O4. The second-order valence-corrected chi connectivity index (χ2v) is 5.30. The number of carboxylic acids is 1. The van der Waals surface area contributed by atoms with E-state index < -0.39 is 12.1 Å². The molecule has 0 aromatic carbocycles. The SMILES string of the molecule is COC(CNC(=O)NCCCCCCC(C)C)C(=O)O. The lowest BCUT2D eigenvalue weighted by molar-refractivity contribution is -0.147. The predicted molar refractivity (Wildman–Crippen MR) is 77.8 cm³/mol. The van der Waals surface area contributed by atoms with Crippen LogP contribution >= 0.6 is 0 Å². The molecule has 0 saturated carbocycles. The van der Waals surface area contributed by atoms with Crippen LogP contribution in [0.15, 0.2) is 0 Å². The Kier molecular flexibility index (Phi) is 10.8. The highest BCUT2D eigenvalue weighted by molar-refractivity contribution is 5.76. The van der Waals surface area contributed by atoms with Crippen LogP contribution in [-0.4, -0.2) is 43.4 Å². The maximum absolute atomic E-state index is 11.4. The van der Waals surface area contributed by atoms with Crippen molar-refractivity contribution in [3.63, 3.8) is 0 Å². The number of hydrogen-bond acceptors (Lipinski definition) is 3. The minimum absolute atomic E-state index is 0.0357. The molecular weight excluding hydrogens is 260 g/mol. The summed E-state index contributed by atoms with van der Waals surface area (Å²) in [6, 6.07) is -0.351. The van der Waals surface area contributed by atoms with Gasteiger partial charge in [0.15, 0.2) is 6.10 Å². The number of rotatable bonds is 11. The number of amides is 2. The summed E-state index contributed by atoms with van der Waals surface area (Å²) in [5.74, 6) is -0.333. The van der Waals surface area contributed by atoms with Gasteiger partial charge in [-0.1, -0.05) is 39.5 Å². The number of carbonyl (C=O) groups is 2. The number of carbonyl (C=O) groups excluding carboxylic acids is 1. The van der Waals surface area contributed by atoms with Gasteiger partial charge >= 0.3 is 12.0 Å². The molecule has 20 heavy (non-hydrogen) atoms. The number of carboxylic acid groups (broad SMARTS) is 1. The first kappa shape index (κ1) is 18.7. The molecule has 0 aromatic rings. The Balaban J connectivity index is 3.47. The second-order valence-electron chi connectivity index (χ2n) is 5.30. The third-order valence-corrected chi connectivity index (χ3v) is 3.00. The first-order valence-corrected chi connectivity index (χ1v) is 7.24. The molecule has 0 bridgehead atoms. The van der Waals surface area contributed by atoms with Gasteiger partial charge in [0.25, 0.3) is 0 Å². The third kappa shape index (κ3) is 10.6. The van der Waals surface area contributed by atoms with Crippen LogP contribution in [-0.2, 0) is 9.53 Å². The summed E-state index contributed by atoms with van der Waals surface area (Å²) in [5, 5.41) is 13.9. The fourth-order valence-electron chi connectivity index (χ4n) is 1.75. The Bertz CT molecular complexity index is 282. The average Bonchev–Trinajstić information content (AvgIpc) is 2.37. The lowest BCUT2D eigenvalue weighted by atomic mass is 10.0. The Morgan fingerprint density at radius 1 is 1.10 bits per heavy atom. The van der Waals surface area contributed by atoms with Crippen LogP contribution < -0.4 is 10.6 Å². The van der Waals surface area contributed by atoms with Crippen LogP contribution in [0.3, 0.4) is 0 Å². The van der Waals surface area contributed by atoms with Crippen molar-refractivity contribution in [2.24, 2.45) is 5.92 Å². The van der Waals surface area contributed by atoms with Crippen LogP contribution in [0.2, 0.25) is 0 Å². The van der Waals surface area contributed by atoms with Crippen molar-refractivity contribution >= 4 is 12.0 Å². The Morgan fingerprint density at radius 2 is 1.75 bits per heavy atom. The van der Waals surface area contributed by atoms with E-state index in [1.807, 2.05) is 0 Å². The minimum Gasteiger partial charge on any atom is -0.479 e. The molecule has 6 nitrogen and oxygen atoms in total. The smallest absolute Gasteiger partial charge is 0.334 e. The molecule has 0 aliphatic heterocycles. The van der Waals surface area contributed by atoms with Gasteiger partial charge in [0.05, 0.1) is 6.54 Å². The van der Waals surface area contributed by atoms with Gasteiger partial charge in [-0.3, -0.25) is 0 Å². The van der Waals surface area contributed by atoms with Crippen LogP contribution in [0.25, 0.3) is 0 Å². The molecule has 0 spiro atoms. The van der Waals surface area contributed by atoms with Crippen molar-refractivity contribution in [2.45, 2.75) is 52.1 Å². The van der Waals surface area contributed by atoms with Gasteiger partial charge in [-0.2, -0.15) is 0 Å². The van der Waals surface area contributed by atoms with E-state index in [1.165, 1.54) is 26.4 Å². The maximum atomic E-state index is 11.4. The number of ether oxygens (including phenoxy) is 1. The summed E-state index contributed by atoms with van der Waals surface area (Å²) in [7, 11) is 1.30. The maximum Gasteiger partial charge on any atom is 0.334 e. The number of methoxy groups -OCH3 is 1. The van der Waals surface area contributed by atoms with Gasteiger partial charge in [0, 0.05) is 13.7 Å². The van der Waals surface area contributed by atoms with E-state index in [-0.39, 0.29) is 12.6 Å². The van der Waals surface area contributed by atoms with Gasteiger partial charge in [-0.05, 0) is 12.3 Å². The van der Waals surface area contributed by atoms with E-state index in [0.717, 1.165) is 18.8 Å². The molecule has 0 heterocycles. The minimum atomic E-state index is -1.09. The van der Waals surface area contributed by atoms with E-state index in [0.29, 0.717) is 6.54 Å². The van der Waals surface area contributed by atoms with Gasteiger partial charge in [-0.15, -0.1) is 0 Å². The molecule has 0 fully saturated rings. The molecule has 0 aliphatic rings. The molecule has 118 valence electrons. The lowest BCUT2D eigenvalue weighted by Gasteiger charge is -2.12. The molecule has 6 heteroatoms. The van der Waals surface area contributed by atoms with Gasteiger partial charge in [0.1, 0.15) is 0 Å². The van der Waals surface area contributed by atoms with Gasteiger partial charge in [0.2, 0.25) is 0 Å². The number of unbranched alkanes of at least 4 members (excludes halogenated alkanes) is 3. The topological polar surface area (TPSA) is 87.7 Å². The standard InChI is InChI=1S/C14H28N2O4/c1-11(2)8-6-4-5-7-9-15-14(19)16-10-12(20-3)13(17)18/h11-12H,4-10H2,1-3H3,(H,17,18)(H2,15,16,19). The van der Waals surface area contributed by atoms with Crippen molar-refractivity contribution in [3.8, 4) is 0 Å². The van der Waals surface area contributed by atoms with Crippen molar-refractivity contribution in [3.05, 3.63) is 0 Å². The summed E-state index contributed by atoms with van der Waals surface area (Å²) in [6.45, 7) is 5.01. The summed E-state index contributed by atoms with van der Waals surface area (Å²) in [6.07, 6.45) is 4.71. The van der Waals surface area contributed by atoms with Crippen molar-refractivity contribution in [2.75, 3.05) is 20.2 Å². The zero-order chi connectivity index (χ0) is 15.4. The van der Waals surface area contributed by atoms with Crippen molar-refractivity contribution < 1.29 is 19.4 Å². The van der Waals surface area contributed by atoms with Crippen LogP contribution in [0.1, 0.15) is 46.0 Å². The van der Waals surface area contributed by atoms with Gasteiger partial charge < -0.3 is 20.5 Å². The van der Waals surface area contributed by atoms with E-state index in [2.05, 4.69) is 24.5 Å². The normalized spacial score (nSPS) is 12.2. The highest BCUT2D eigenvalue weighted by Gasteiger charge is 2.16. The predicted octanol–water partition coefficient (Wildman–Crippen LogP) is 1.99. The van der Waals surface area contributed by atoms with Crippen LogP contribution in [0.4, 0.5) is 4.79 Å². The molecule has 1 unspecified atom stereocenters. The summed E-state index contributed by atoms with van der Waals surface area (Å²) in [5.41, 5.74) is 0. The summed E-state index contributed by atoms with van der Waals surface area (Å²) >= 11 is 0. The Hall–Kier alpha value is -1.30. The highest BCUT2D eigenvalue weighted by atomic mass is 16.5. The molecule has 3 N–H and O–H groups in total. The monoisotopic (exact) mass is 288 g/mol. The lowest BCUT2D eigenvalue weighted by Crippen LogP contribution is -2.43. The molecule has 0 saturated heterocycles. The molecule has 0 rings (SSSR count). The quantitative estimate of drug-likeness (QED) is 0.507. The van der Waals surface area contributed by atoms with E-state index in [1.54, 1.807) is 0 Å². The number of hydrogen-bond donors (Lipinski definition) is 3. The Morgan fingerprint density at radius 3 is 2.30 bits per heavy atom. The van der Waals surface area contributed by atoms with Crippen molar-refractivity contribution in [1.29, 1.82) is 0 Å². The third-order valence-electron chi connectivity index (χ3n) is 3.00. The zero-order valence-electron chi connectivity index (χ0n) is 12.8. The fourth-order valence-corrected chi connectivity index (χ4v) is 1.75. The van der Waals surface area contributed by atoms with Gasteiger partial charge in [-0.25, -0.2) is 9.59 Å². The molecule has 1 atom stereocenters. The number of aliphatic carboxylic acids is 1. The van der Waals surface area contributed by atoms with E-state index in [9.17, 15) is 9.59 Å². The van der Waals surface area contributed by atoms with Crippen molar-refractivity contribution in [1.82, 2.24) is 10.6 Å². The van der Waals surface area contributed by atoms with Crippen LogP contribution in [0, 0.1) is 5.92 Å². The first-order chi connectivity index (χ1) is 9.47. The zero-order valence-corrected chi connectivity index (χ0v) is 12.8. The van der Waals surface area contributed by atoms with E-state index in [4.69, 9.17) is 9.84 Å². The molecule has 2 amide bonds. The fraction of sp³-hybridized carbons (Fsp3) is 0.857. The molecule has 0 aliphatic carbocycles. The molecule has 0 aromatic heterocycles. The van der Waals surface area contributed by atoms with E-state index >= 15 is 0 Å². The number of nitrogens with one attached hydrogen (secondary N) is 2. The Labute approximate surface area is 121 Å². The first-order valence-electron chi connectivity index (χ1n) is 7.24. The largest absolute Gasteiger partial charge is 0.479 e. The van der Waals surface area contributed by atoms with Crippen LogP contribution in [0.5, 0.6) is 0 Å². The molecule has 0 radical (unpaired) electrons. The summed E-state index contributed by atoms with van der Waals surface area (Å²) in [4.78, 5) is 22.0. The highest BCUT2D eigenvalue weighted by Crippen LogP contribution is 2.08. The number of urea groups is 1. The summed E-state index contributed by atoms with van der Waals surface area (Å²) < 4.78 is 4.71. The second kappa shape index (κ2) is 11.5. The average molecular weight is 288 g/mol.